The predicted octanol–water partition coefficient (Wildman–Crippen LogP) is 1.55. The van der Waals surface area contributed by atoms with Gasteiger partial charge in [0.15, 0.2) is 3.95 Å². The molecule has 1 aliphatic rings. The fourth-order valence-electron chi connectivity index (χ4n) is 2.07. The van der Waals surface area contributed by atoms with Crippen LogP contribution in [0.15, 0.2) is 28.8 Å². The van der Waals surface area contributed by atoms with Crippen LogP contribution in [0, 0.1) is 3.95 Å². The van der Waals surface area contributed by atoms with Gasteiger partial charge in [-0.2, -0.15) is 0 Å². The molecule has 112 valence electrons. The quantitative estimate of drug-likeness (QED) is 0.669. The molecule has 1 amide bonds. The zero-order chi connectivity index (χ0) is 15.9. The monoisotopic (exact) mass is 332 g/mol. The molecule has 0 unspecified atom stereocenters. The maximum Gasteiger partial charge on any atom is 0.277 e. The van der Waals surface area contributed by atoms with Gasteiger partial charge in [0, 0.05) is 23.9 Å². The minimum Gasteiger partial charge on any atom is -0.497 e. The van der Waals surface area contributed by atoms with Crippen molar-refractivity contribution in [3.05, 3.63) is 43.2 Å². The smallest absolute Gasteiger partial charge is 0.277 e. The third-order valence-corrected chi connectivity index (χ3v) is 4.81. The number of thiazole rings is 1. The molecule has 3 rings (SSSR count). The maximum atomic E-state index is 12.1. The van der Waals surface area contributed by atoms with Crippen LogP contribution in [0.3, 0.4) is 0 Å². The highest BCUT2D eigenvalue weighted by Crippen LogP contribution is 2.27. The van der Waals surface area contributed by atoms with Gasteiger partial charge < -0.3 is 9.84 Å². The number of fused-ring (bicyclic) bond motifs is 1. The Balaban J connectivity index is 2.14. The van der Waals surface area contributed by atoms with Crippen LogP contribution >= 0.6 is 23.6 Å². The van der Waals surface area contributed by atoms with Gasteiger partial charge in [-0.1, -0.05) is 0 Å². The summed E-state index contributed by atoms with van der Waals surface area (Å²) >= 11 is 6.35. The van der Waals surface area contributed by atoms with E-state index in [2.05, 4.69) is 4.99 Å². The lowest BCUT2D eigenvalue weighted by Gasteiger charge is -2.05. The maximum absolute atomic E-state index is 12.1. The lowest BCUT2D eigenvalue weighted by Crippen LogP contribution is -2.30. The summed E-state index contributed by atoms with van der Waals surface area (Å²) in [6, 6.07) is 5.36. The van der Waals surface area contributed by atoms with Crippen molar-refractivity contribution >= 4 is 41.6 Å². The van der Waals surface area contributed by atoms with E-state index in [1.165, 1.54) is 15.9 Å². The molecule has 0 atom stereocenters. The number of methoxy groups -OCH3 is 1. The molecular formula is C15H12N2O3S2. The number of aromatic hydroxyl groups is 1. The normalized spacial score (nSPS) is 15.2. The zero-order valence-corrected chi connectivity index (χ0v) is 13.5. The molecule has 22 heavy (non-hydrogen) atoms. The Kier molecular flexibility index (Phi) is 3.67. The molecule has 5 nitrogen and oxygen atoms in total. The Morgan fingerprint density at radius 3 is 2.86 bits per heavy atom. The zero-order valence-electron chi connectivity index (χ0n) is 11.9. The highest BCUT2D eigenvalue weighted by molar-refractivity contribution is 7.73. The van der Waals surface area contributed by atoms with E-state index in [0.29, 0.717) is 25.5 Å². The van der Waals surface area contributed by atoms with Gasteiger partial charge in [-0.15, -0.1) is 11.3 Å². The lowest BCUT2D eigenvalue weighted by atomic mass is 10.1. The van der Waals surface area contributed by atoms with Crippen molar-refractivity contribution in [2.24, 2.45) is 12.0 Å². The molecule has 1 aliphatic heterocycles. The average Bonchev–Trinajstić information content (AvgIpc) is 2.75. The molecule has 0 aliphatic carbocycles. The number of amides is 1. The molecule has 1 aromatic carbocycles. The van der Waals surface area contributed by atoms with Gasteiger partial charge in [-0.05, 0) is 36.5 Å². The van der Waals surface area contributed by atoms with Crippen molar-refractivity contribution in [3.8, 4) is 11.6 Å². The summed E-state index contributed by atoms with van der Waals surface area (Å²) in [7, 11) is 3.24. The van der Waals surface area contributed by atoms with Gasteiger partial charge in [-0.25, -0.2) is 4.99 Å². The molecule has 1 N–H and O–H groups in total. The molecule has 0 radical (unpaired) electrons. The van der Waals surface area contributed by atoms with Crippen molar-refractivity contribution in [1.29, 1.82) is 0 Å². The standard InChI is InChI=1S/C15H12N2O3S2/c1-17-14(19)12(22-15(17)21)6-9-5-8-3-4-10(20-2)7-11(8)16-13(9)18/h3-7,19H,1-2H3/b9-6-. The molecule has 0 fully saturated rings. The van der Waals surface area contributed by atoms with E-state index in [1.807, 2.05) is 12.1 Å². The highest BCUT2D eigenvalue weighted by Gasteiger charge is 2.14. The minimum absolute atomic E-state index is 0.0456. The summed E-state index contributed by atoms with van der Waals surface area (Å²) < 4.78 is 7.16. The van der Waals surface area contributed by atoms with Crippen molar-refractivity contribution in [1.82, 2.24) is 4.57 Å². The van der Waals surface area contributed by atoms with E-state index in [9.17, 15) is 9.90 Å². The molecule has 7 heteroatoms. The summed E-state index contributed by atoms with van der Waals surface area (Å²) in [5.74, 6) is 0.334. The molecule has 0 spiro atoms. The summed E-state index contributed by atoms with van der Waals surface area (Å²) in [4.78, 5) is 16.8. The third kappa shape index (κ3) is 2.49. The van der Waals surface area contributed by atoms with Crippen LogP contribution < -0.4 is 15.3 Å². The Labute approximate surface area is 135 Å². The Morgan fingerprint density at radius 1 is 1.45 bits per heavy atom. The predicted molar refractivity (Wildman–Crippen MR) is 87.0 cm³/mol. The first kappa shape index (κ1) is 14.7. The SMILES string of the molecule is COc1ccc2c(c1)=NC(=O)/C(=C\c1sc(=S)n(C)c1O)C=2. The van der Waals surface area contributed by atoms with Crippen LogP contribution in [0.2, 0.25) is 0 Å². The molecule has 0 saturated carbocycles. The molecule has 0 saturated heterocycles. The third-order valence-electron chi connectivity index (χ3n) is 3.31. The number of benzene rings is 1. The molecule has 2 aromatic rings. The second-order valence-corrected chi connectivity index (χ2v) is 6.38. The van der Waals surface area contributed by atoms with Crippen molar-refractivity contribution in [3.63, 3.8) is 0 Å². The van der Waals surface area contributed by atoms with E-state index in [-0.39, 0.29) is 11.8 Å². The second-order valence-electron chi connectivity index (χ2n) is 4.70. The van der Waals surface area contributed by atoms with Gasteiger partial charge >= 0.3 is 0 Å². The number of ether oxygens (including phenoxy) is 1. The van der Waals surface area contributed by atoms with Crippen LogP contribution in [0.1, 0.15) is 4.88 Å². The van der Waals surface area contributed by atoms with Crippen LogP contribution in [-0.4, -0.2) is 22.7 Å². The summed E-state index contributed by atoms with van der Waals surface area (Å²) in [5.41, 5.74) is 0.407. The molecule has 0 bridgehead atoms. The number of carbonyl (C=O) groups excluding carboxylic acids is 1. The molecular weight excluding hydrogens is 320 g/mol. The second kappa shape index (κ2) is 5.51. The van der Waals surface area contributed by atoms with Crippen molar-refractivity contribution in [2.75, 3.05) is 7.11 Å². The Hall–Kier alpha value is -2.25. The van der Waals surface area contributed by atoms with E-state index in [4.69, 9.17) is 17.0 Å². The highest BCUT2D eigenvalue weighted by atomic mass is 32.1. The van der Waals surface area contributed by atoms with E-state index >= 15 is 0 Å². The average molecular weight is 332 g/mol. The fraction of sp³-hybridized carbons (Fsp3) is 0.133. The van der Waals surface area contributed by atoms with Crippen LogP contribution in [0.25, 0.3) is 12.2 Å². The summed E-state index contributed by atoms with van der Waals surface area (Å²) in [6.45, 7) is 0. The molecule has 2 heterocycles. The Bertz CT molecular complexity index is 983. The van der Waals surface area contributed by atoms with E-state index in [1.54, 1.807) is 32.4 Å². The van der Waals surface area contributed by atoms with Crippen molar-refractivity contribution in [2.45, 2.75) is 0 Å². The van der Waals surface area contributed by atoms with E-state index < -0.39 is 0 Å². The van der Waals surface area contributed by atoms with Crippen LogP contribution in [0.5, 0.6) is 11.6 Å². The number of aromatic nitrogens is 1. The Morgan fingerprint density at radius 2 is 2.23 bits per heavy atom. The first-order valence-electron chi connectivity index (χ1n) is 6.39. The molecule has 1 aromatic heterocycles. The number of hydrogen-bond acceptors (Lipinski definition) is 5. The first-order valence-corrected chi connectivity index (χ1v) is 7.61. The fourth-order valence-corrected chi connectivity index (χ4v) is 3.25. The van der Waals surface area contributed by atoms with Gasteiger partial charge in [-0.3, -0.25) is 9.36 Å². The minimum atomic E-state index is -0.359. The van der Waals surface area contributed by atoms with Crippen LogP contribution in [-0.2, 0) is 11.8 Å². The van der Waals surface area contributed by atoms with Crippen LogP contribution in [0.4, 0.5) is 0 Å². The van der Waals surface area contributed by atoms with Gasteiger partial charge in [0.25, 0.3) is 5.91 Å². The largest absolute Gasteiger partial charge is 0.497 e. The number of nitrogens with zero attached hydrogens (tertiary/aromatic N) is 2. The topological polar surface area (TPSA) is 63.8 Å². The van der Waals surface area contributed by atoms with Gasteiger partial charge in [0.1, 0.15) is 5.75 Å². The summed E-state index contributed by atoms with van der Waals surface area (Å²) in [5, 5.41) is 11.4. The lowest BCUT2D eigenvalue weighted by molar-refractivity contribution is -0.114. The number of rotatable bonds is 2. The van der Waals surface area contributed by atoms with Gasteiger partial charge in [0.05, 0.1) is 17.3 Å². The summed E-state index contributed by atoms with van der Waals surface area (Å²) in [6.07, 6.45) is 3.35. The number of hydrogen-bond donors (Lipinski definition) is 1. The first-order chi connectivity index (χ1) is 10.5. The number of carbonyl (C=O) groups is 1. The van der Waals surface area contributed by atoms with Crippen molar-refractivity contribution < 1.29 is 14.6 Å². The van der Waals surface area contributed by atoms with E-state index in [0.717, 1.165) is 5.22 Å². The van der Waals surface area contributed by atoms with Gasteiger partial charge in [0.2, 0.25) is 5.88 Å².